The molecule has 4 amide bonds. The molecule has 10 nitrogen and oxygen atoms in total. The molecule has 0 aromatic heterocycles. The molecule has 2 unspecified atom stereocenters. The lowest BCUT2D eigenvalue weighted by Crippen LogP contribution is -2.56. The van der Waals surface area contributed by atoms with Crippen LogP contribution in [0.4, 0.5) is 13.6 Å². The fraction of sp³-hybridized carbons (Fsp3) is 0.529. The number of hydrogen-bond donors (Lipinski definition) is 5. The zero-order valence-electron chi connectivity index (χ0n) is 25.9. The Bertz CT molecular complexity index is 1420. The predicted octanol–water partition coefficient (Wildman–Crippen LogP) is 4.50. The van der Waals surface area contributed by atoms with Crippen molar-refractivity contribution in [1.29, 1.82) is 0 Å². The molecule has 254 valence electrons. The Labute approximate surface area is 277 Å². The maximum atomic E-state index is 16.0. The fourth-order valence-corrected chi connectivity index (χ4v) is 6.53. The SMILES string of the molecule is O=C(N[C@@H](CC1CCCC1)C(=O)N[C@@H](C[C@@H]1CCNC1=O)C(O)C(=O)NC1CC1)OC(c1ccccc1)C(F)(F)c1cccc(Cl)c1. The van der Waals surface area contributed by atoms with Crippen LogP contribution in [0, 0.1) is 11.8 Å². The monoisotopic (exact) mass is 674 g/mol. The summed E-state index contributed by atoms with van der Waals surface area (Å²) in [4.78, 5) is 52.4. The Morgan fingerprint density at radius 2 is 1.68 bits per heavy atom. The Balaban J connectivity index is 1.35. The largest absolute Gasteiger partial charge is 0.434 e. The number of halogens is 3. The van der Waals surface area contributed by atoms with E-state index in [0.717, 1.165) is 44.6 Å². The van der Waals surface area contributed by atoms with Gasteiger partial charge >= 0.3 is 12.0 Å². The van der Waals surface area contributed by atoms with Gasteiger partial charge in [-0.3, -0.25) is 14.4 Å². The van der Waals surface area contributed by atoms with Gasteiger partial charge in [-0.25, -0.2) is 4.79 Å². The lowest BCUT2D eigenvalue weighted by atomic mass is 9.93. The van der Waals surface area contributed by atoms with Crippen molar-refractivity contribution in [3.05, 3.63) is 70.7 Å². The highest BCUT2D eigenvalue weighted by Crippen LogP contribution is 2.43. The van der Waals surface area contributed by atoms with Gasteiger partial charge in [0.15, 0.2) is 12.2 Å². The van der Waals surface area contributed by atoms with Crippen LogP contribution in [-0.4, -0.2) is 59.7 Å². The molecule has 0 radical (unpaired) electrons. The molecule has 0 spiro atoms. The Hall–Kier alpha value is -3.77. The van der Waals surface area contributed by atoms with E-state index in [4.69, 9.17) is 16.3 Å². The van der Waals surface area contributed by atoms with Gasteiger partial charge in [-0.2, -0.15) is 8.78 Å². The maximum Gasteiger partial charge on any atom is 0.408 e. The van der Waals surface area contributed by atoms with E-state index in [1.165, 1.54) is 30.3 Å². The standard InChI is InChI=1S/C34H41ClF2N4O6/c35-24-12-6-11-23(19-24)34(36,37)29(21-9-2-1-3-10-21)47-33(46)41-27(17-20-7-4-5-8-20)31(44)40-26(18-22-15-16-38-30(22)43)28(42)32(45)39-25-13-14-25/h1-3,6,9-12,19-20,22,25-29,42H,4-5,7-8,13-18H2,(H,38,43)(H,39,45)(H,40,44)(H,41,46)/t22-,26-,27-,28?,29?/m0/s1. The second-order valence-corrected chi connectivity index (χ2v) is 13.2. The van der Waals surface area contributed by atoms with Crippen molar-refractivity contribution in [2.75, 3.05) is 6.54 Å². The molecule has 1 aliphatic heterocycles. The third-order valence-electron chi connectivity index (χ3n) is 9.12. The summed E-state index contributed by atoms with van der Waals surface area (Å²) in [6.45, 7) is 0.439. The number of alkyl carbamates (subject to hydrolysis) is 1. The smallest absolute Gasteiger partial charge is 0.408 e. The number of alkyl halides is 2. The highest BCUT2D eigenvalue weighted by atomic mass is 35.5. The molecule has 2 saturated carbocycles. The topological polar surface area (TPSA) is 146 Å². The molecule has 3 aliphatic rings. The molecule has 2 aromatic rings. The molecule has 13 heteroatoms. The fourth-order valence-electron chi connectivity index (χ4n) is 6.34. The number of amides is 4. The maximum absolute atomic E-state index is 16.0. The number of aliphatic hydroxyl groups excluding tert-OH is 1. The normalized spacial score (nSPS) is 20.9. The predicted molar refractivity (Wildman–Crippen MR) is 169 cm³/mol. The van der Waals surface area contributed by atoms with Gasteiger partial charge in [-0.05, 0) is 55.7 Å². The average Bonchev–Trinajstić information content (AvgIpc) is 3.53. The Morgan fingerprint density at radius 1 is 0.957 bits per heavy atom. The number of hydrogen-bond acceptors (Lipinski definition) is 6. The van der Waals surface area contributed by atoms with Gasteiger partial charge in [0.1, 0.15) is 6.04 Å². The van der Waals surface area contributed by atoms with Crippen LogP contribution in [0.2, 0.25) is 5.02 Å². The first-order chi connectivity index (χ1) is 22.5. The molecule has 2 aliphatic carbocycles. The third kappa shape index (κ3) is 9.19. The number of benzene rings is 2. The number of nitrogens with one attached hydrogen (secondary N) is 4. The average molecular weight is 675 g/mol. The van der Waals surface area contributed by atoms with E-state index >= 15 is 8.78 Å². The van der Waals surface area contributed by atoms with Gasteiger partial charge in [0.05, 0.1) is 6.04 Å². The highest BCUT2D eigenvalue weighted by Gasteiger charge is 2.46. The number of carbonyl (C=O) groups is 4. The van der Waals surface area contributed by atoms with Gasteiger partial charge < -0.3 is 31.1 Å². The summed E-state index contributed by atoms with van der Waals surface area (Å²) in [6.07, 6.45) is 0.836. The first-order valence-electron chi connectivity index (χ1n) is 16.2. The second-order valence-electron chi connectivity index (χ2n) is 12.8. The molecule has 0 bridgehead atoms. The Morgan fingerprint density at radius 3 is 2.32 bits per heavy atom. The van der Waals surface area contributed by atoms with Crippen molar-refractivity contribution in [1.82, 2.24) is 21.3 Å². The molecule has 5 N–H and O–H groups in total. The Kier molecular flexibility index (Phi) is 11.3. The summed E-state index contributed by atoms with van der Waals surface area (Å²) < 4.78 is 37.4. The lowest BCUT2D eigenvalue weighted by molar-refractivity contribution is -0.134. The summed E-state index contributed by atoms with van der Waals surface area (Å²) in [5.74, 6) is -5.77. The minimum absolute atomic E-state index is 0.000634. The zero-order valence-corrected chi connectivity index (χ0v) is 26.7. The molecule has 1 heterocycles. The summed E-state index contributed by atoms with van der Waals surface area (Å²) in [6, 6.07) is 10.3. The van der Waals surface area contributed by atoms with Gasteiger partial charge in [-0.1, -0.05) is 79.7 Å². The molecule has 5 rings (SSSR count). The van der Waals surface area contributed by atoms with Crippen LogP contribution >= 0.6 is 11.6 Å². The summed E-state index contributed by atoms with van der Waals surface area (Å²) in [7, 11) is 0. The van der Waals surface area contributed by atoms with Crippen LogP contribution in [-0.2, 0) is 25.0 Å². The number of ether oxygens (including phenoxy) is 1. The molecule has 5 atom stereocenters. The van der Waals surface area contributed by atoms with Gasteiger partial charge in [0.2, 0.25) is 11.8 Å². The van der Waals surface area contributed by atoms with E-state index in [2.05, 4.69) is 21.3 Å². The van der Waals surface area contributed by atoms with Crippen molar-refractivity contribution < 1.29 is 37.8 Å². The van der Waals surface area contributed by atoms with Crippen LogP contribution in [0.3, 0.4) is 0 Å². The lowest BCUT2D eigenvalue weighted by Gasteiger charge is -2.30. The highest BCUT2D eigenvalue weighted by molar-refractivity contribution is 6.30. The second kappa shape index (κ2) is 15.4. The quantitative estimate of drug-likeness (QED) is 0.200. The van der Waals surface area contributed by atoms with E-state index in [9.17, 15) is 24.3 Å². The van der Waals surface area contributed by atoms with Crippen LogP contribution in [0.15, 0.2) is 54.6 Å². The van der Waals surface area contributed by atoms with Crippen LogP contribution in [0.25, 0.3) is 0 Å². The van der Waals surface area contributed by atoms with Crippen LogP contribution in [0.5, 0.6) is 0 Å². The molecule has 1 saturated heterocycles. The van der Waals surface area contributed by atoms with E-state index in [1.807, 2.05) is 0 Å². The zero-order chi connectivity index (χ0) is 33.6. The summed E-state index contributed by atoms with van der Waals surface area (Å²) in [5, 5.41) is 21.7. The van der Waals surface area contributed by atoms with Gasteiger partial charge in [-0.15, -0.1) is 0 Å². The molecule has 3 fully saturated rings. The van der Waals surface area contributed by atoms with Crippen LogP contribution in [0.1, 0.15) is 75.0 Å². The minimum atomic E-state index is -3.70. The number of rotatable bonds is 14. The summed E-state index contributed by atoms with van der Waals surface area (Å²) in [5.41, 5.74) is -0.423. The first kappa shape index (κ1) is 34.6. The van der Waals surface area contributed by atoms with Crippen molar-refractivity contribution in [2.45, 2.75) is 94.0 Å². The molecular weight excluding hydrogens is 634 g/mol. The number of carbonyl (C=O) groups excluding carboxylic acids is 4. The van der Waals surface area contributed by atoms with Gasteiger partial charge in [0, 0.05) is 29.1 Å². The first-order valence-corrected chi connectivity index (χ1v) is 16.6. The minimum Gasteiger partial charge on any atom is -0.434 e. The molecular formula is C34H41ClF2N4O6. The van der Waals surface area contributed by atoms with Crippen LogP contribution < -0.4 is 21.3 Å². The van der Waals surface area contributed by atoms with Crippen molar-refractivity contribution in [2.24, 2.45) is 11.8 Å². The van der Waals surface area contributed by atoms with E-state index in [1.54, 1.807) is 18.2 Å². The van der Waals surface area contributed by atoms with E-state index in [-0.39, 0.29) is 41.3 Å². The van der Waals surface area contributed by atoms with E-state index in [0.29, 0.717) is 13.0 Å². The third-order valence-corrected chi connectivity index (χ3v) is 9.36. The van der Waals surface area contributed by atoms with Crippen molar-refractivity contribution in [3.8, 4) is 0 Å². The van der Waals surface area contributed by atoms with Crippen molar-refractivity contribution in [3.63, 3.8) is 0 Å². The summed E-state index contributed by atoms with van der Waals surface area (Å²) >= 11 is 6.00. The van der Waals surface area contributed by atoms with E-state index < -0.39 is 59.6 Å². The number of aliphatic hydroxyl groups is 1. The molecule has 2 aromatic carbocycles. The van der Waals surface area contributed by atoms with Gasteiger partial charge in [0.25, 0.3) is 5.91 Å². The van der Waals surface area contributed by atoms with Crippen molar-refractivity contribution >= 4 is 35.4 Å². The molecule has 47 heavy (non-hydrogen) atoms.